The number of nitrogens with zero attached hydrogens (tertiary/aromatic N) is 1. The lowest BCUT2D eigenvalue weighted by Crippen LogP contribution is -2.22. The van der Waals surface area contributed by atoms with E-state index < -0.39 is 10.0 Å². The normalized spacial score (nSPS) is 11.4. The highest BCUT2D eigenvalue weighted by Gasteiger charge is 2.17. The molecule has 140 valence electrons. The molecule has 0 bridgehead atoms. The number of halogens is 1. The SMILES string of the molecule is Cc1ccc(Cc2c(C)nc(NS(=O)(=O)c3ccc(Cl)cc3)[nH]c2=O)cc1. The third-order valence-electron chi connectivity index (χ3n) is 4.08. The number of benzene rings is 2. The van der Waals surface area contributed by atoms with Crippen molar-refractivity contribution in [3.05, 3.63) is 86.3 Å². The number of H-pyrrole nitrogens is 1. The number of anilines is 1. The summed E-state index contributed by atoms with van der Waals surface area (Å²) in [4.78, 5) is 19.2. The third-order valence-corrected chi connectivity index (χ3v) is 5.69. The molecule has 0 saturated heterocycles. The second-order valence-corrected chi connectivity index (χ2v) is 8.32. The molecule has 0 aliphatic heterocycles. The van der Waals surface area contributed by atoms with Crippen molar-refractivity contribution in [2.75, 3.05) is 4.72 Å². The summed E-state index contributed by atoms with van der Waals surface area (Å²) in [5.41, 5.74) is 2.69. The van der Waals surface area contributed by atoms with Crippen molar-refractivity contribution in [2.45, 2.75) is 25.2 Å². The van der Waals surface area contributed by atoms with Gasteiger partial charge in [-0.25, -0.2) is 18.1 Å². The quantitative estimate of drug-likeness (QED) is 0.682. The molecule has 6 nitrogen and oxygen atoms in total. The van der Waals surface area contributed by atoms with Crippen LogP contribution in [0.15, 0.2) is 58.2 Å². The summed E-state index contributed by atoms with van der Waals surface area (Å²) in [6.07, 6.45) is 0.415. The second-order valence-electron chi connectivity index (χ2n) is 6.20. The van der Waals surface area contributed by atoms with Crippen molar-refractivity contribution in [3.63, 3.8) is 0 Å². The highest BCUT2D eigenvalue weighted by molar-refractivity contribution is 7.92. The van der Waals surface area contributed by atoms with Crippen molar-refractivity contribution in [1.29, 1.82) is 0 Å². The van der Waals surface area contributed by atoms with Crippen LogP contribution in [0.3, 0.4) is 0 Å². The maximum absolute atomic E-state index is 12.5. The fourth-order valence-corrected chi connectivity index (χ4v) is 3.67. The Labute approximate surface area is 162 Å². The zero-order chi connectivity index (χ0) is 19.6. The molecule has 0 spiro atoms. The van der Waals surface area contributed by atoms with Crippen LogP contribution in [0.1, 0.15) is 22.4 Å². The van der Waals surface area contributed by atoms with Gasteiger partial charge in [-0.1, -0.05) is 41.4 Å². The Kier molecular flexibility index (Phi) is 5.34. The fourth-order valence-electron chi connectivity index (χ4n) is 2.58. The molecule has 0 aliphatic rings. The van der Waals surface area contributed by atoms with Gasteiger partial charge in [-0.3, -0.25) is 9.78 Å². The molecule has 0 atom stereocenters. The second kappa shape index (κ2) is 7.54. The van der Waals surface area contributed by atoms with Gasteiger partial charge in [0.1, 0.15) is 0 Å². The largest absolute Gasteiger partial charge is 0.292 e. The first kappa shape index (κ1) is 19.1. The van der Waals surface area contributed by atoms with Crippen LogP contribution in [0.2, 0.25) is 5.02 Å². The number of hydrogen-bond acceptors (Lipinski definition) is 4. The van der Waals surface area contributed by atoms with Gasteiger partial charge in [0.25, 0.3) is 15.6 Å². The molecule has 8 heteroatoms. The Bertz CT molecular complexity index is 1120. The van der Waals surface area contributed by atoms with E-state index in [9.17, 15) is 13.2 Å². The van der Waals surface area contributed by atoms with Crippen LogP contribution in [0.5, 0.6) is 0 Å². The van der Waals surface area contributed by atoms with Gasteiger partial charge in [-0.05, 0) is 43.7 Å². The fraction of sp³-hybridized carbons (Fsp3) is 0.158. The predicted octanol–water partition coefficient (Wildman–Crippen LogP) is 3.43. The Morgan fingerprint density at radius 1 is 1.04 bits per heavy atom. The van der Waals surface area contributed by atoms with Gasteiger partial charge in [0.05, 0.1) is 10.6 Å². The van der Waals surface area contributed by atoms with E-state index in [1.807, 2.05) is 31.2 Å². The molecule has 0 unspecified atom stereocenters. The maximum atomic E-state index is 12.5. The average molecular weight is 404 g/mol. The summed E-state index contributed by atoms with van der Waals surface area (Å²) in [6, 6.07) is 13.5. The summed E-state index contributed by atoms with van der Waals surface area (Å²) in [5, 5.41) is 0.428. The van der Waals surface area contributed by atoms with Gasteiger partial charge in [0, 0.05) is 17.0 Å². The number of aromatic nitrogens is 2. The summed E-state index contributed by atoms with van der Waals surface area (Å²) in [7, 11) is -3.88. The van der Waals surface area contributed by atoms with Gasteiger partial charge in [-0.15, -0.1) is 0 Å². The van der Waals surface area contributed by atoms with E-state index in [1.165, 1.54) is 24.3 Å². The van der Waals surface area contributed by atoms with E-state index in [2.05, 4.69) is 14.7 Å². The molecule has 0 saturated carbocycles. The van der Waals surface area contributed by atoms with Gasteiger partial charge < -0.3 is 0 Å². The number of hydrogen-bond donors (Lipinski definition) is 2. The first-order valence-electron chi connectivity index (χ1n) is 8.18. The first-order chi connectivity index (χ1) is 12.7. The van der Waals surface area contributed by atoms with Crippen molar-refractivity contribution < 1.29 is 8.42 Å². The zero-order valence-corrected chi connectivity index (χ0v) is 16.4. The monoisotopic (exact) mass is 403 g/mol. The Hall–Kier alpha value is -2.64. The van der Waals surface area contributed by atoms with E-state index in [0.29, 0.717) is 22.7 Å². The molecule has 0 radical (unpaired) electrons. The van der Waals surface area contributed by atoms with Crippen LogP contribution in [0.25, 0.3) is 0 Å². The zero-order valence-electron chi connectivity index (χ0n) is 14.8. The van der Waals surface area contributed by atoms with Crippen LogP contribution >= 0.6 is 11.6 Å². The average Bonchev–Trinajstić information content (AvgIpc) is 2.60. The van der Waals surface area contributed by atoms with E-state index >= 15 is 0 Å². The molecule has 1 heterocycles. The number of sulfonamides is 1. The minimum absolute atomic E-state index is 0.0240. The number of aromatic amines is 1. The predicted molar refractivity (Wildman–Crippen MR) is 106 cm³/mol. The maximum Gasteiger partial charge on any atom is 0.264 e. The Morgan fingerprint density at radius 3 is 2.26 bits per heavy atom. The summed E-state index contributed by atoms with van der Waals surface area (Å²) >= 11 is 5.78. The van der Waals surface area contributed by atoms with Crippen LogP contribution in [-0.4, -0.2) is 18.4 Å². The molecule has 3 rings (SSSR count). The number of aryl methyl sites for hydroxylation is 2. The molecule has 3 aromatic rings. The lowest BCUT2D eigenvalue weighted by atomic mass is 10.0. The third kappa shape index (κ3) is 4.56. The molecule has 0 fully saturated rings. The van der Waals surface area contributed by atoms with Crippen molar-refractivity contribution in [2.24, 2.45) is 0 Å². The van der Waals surface area contributed by atoms with Gasteiger partial charge in [0.2, 0.25) is 5.95 Å². The minimum Gasteiger partial charge on any atom is -0.292 e. The highest BCUT2D eigenvalue weighted by atomic mass is 35.5. The van der Waals surface area contributed by atoms with Crippen molar-refractivity contribution in [1.82, 2.24) is 9.97 Å². The number of rotatable bonds is 5. The van der Waals surface area contributed by atoms with Crippen LogP contribution < -0.4 is 10.3 Å². The Balaban J connectivity index is 1.87. The minimum atomic E-state index is -3.88. The summed E-state index contributed by atoms with van der Waals surface area (Å²) in [5.74, 6) is -0.125. The first-order valence-corrected chi connectivity index (χ1v) is 10.0. The van der Waals surface area contributed by atoms with Crippen LogP contribution in [0, 0.1) is 13.8 Å². The number of nitrogens with one attached hydrogen (secondary N) is 2. The molecular weight excluding hydrogens is 386 g/mol. The lowest BCUT2D eigenvalue weighted by Gasteiger charge is -2.10. The molecule has 2 N–H and O–H groups in total. The van der Waals surface area contributed by atoms with E-state index in [0.717, 1.165) is 11.1 Å². The van der Waals surface area contributed by atoms with Crippen molar-refractivity contribution in [3.8, 4) is 0 Å². The highest BCUT2D eigenvalue weighted by Crippen LogP contribution is 2.17. The van der Waals surface area contributed by atoms with Crippen molar-refractivity contribution >= 4 is 27.6 Å². The summed E-state index contributed by atoms with van der Waals surface area (Å²) < 4.78 is 27.2. The van der Waals surface area contributed by atoms with Crippen LogP contribution in [-0.2, 0) is 16.4 Å². The smallest absolute Gasteiger partial charge is 0.264 e. The molecule has 1 aromatic heterocycles. The van der Waals surface area contributed by atoms with Gasteiger partial charge in [0.15, 0.2) is 0 Å². The van der Waals surface area contributed by atoms with E-state index in [1.54, 1.807) is 6.92 Å². The standard InChI is InChI=1S/C19H18ClN3O3S/c1-12-3-5-14(6-4-12)11-17-13(2)21-19(22-18(17)24)23-27(25,26)16-9-7-15(20)8-10-16/h3-10H,11H2,1-2H3,(H2,21,22,23,24). The van der Waals surface area contributed by atoms with E-state index in [4.69, 9.17) is 11.6 Å². The van der Waals surface area contributed by atoms with E-state index in [-0.39, 0.29) is 16.4 Å². The van der Waals surface area contributed by atoms with Crippen LogP contribution in [0.4, 0.5) is 5.95 Å². The molecule has 27 heavy (non-hydrogen) atoms. The molecular formula is C19H18ClN3O3S. The molecule has 2 aromatic carbocycles. The molecule has 0 aliphatic carbocycles. The lowest BCUT2D eigenvalue weighted by molar-refractivity contribution is 0.600. The Morgan fingerprint density at radius 2 is 1.67 bits per heavy atom. The summed E-state index contributed by atoms with van der Waals surface area (Å²) in [6.45, 7) is 3.67. The molecule has 0 amide bonds. The van der Waals surface area contributed by atoms with Gasteiger partial charge >= 0.3 is 0 Å². The topological polar surface area (TPSA) is 91.9 Å². The van der Waals surface area contributed by atoms with Gasteiger partial charge in [-0.2, -0.15) is 0 Å².